The van der Waals surface area contributed by atoms with Gasteiger partial charge in [-0.25, -0.2) is 0 Å². The molecule has 0 aromatic heterocycles. The highest BCUT2D eigenvalue weighted by Gasteiger charge is 2.58. The molecule has 0 saturated heterocycles. The second kappa shape index (κ2) is 7.21. The molecule has 2 fully saturated rings. The van der Waals surface area contributed by atoms with E-state index < -0.39 is 0 Å². The summed E-state index contributed by atoms with van der Waals surface area (Å²) in [6.45, 7) is 12.0. The largest absolute Gasteiger partial charge is 0.393 e. The van der Waals surface area contributed by atoms with Crippen LogP contribution in [0, 0.1) is 40.4 Å². The summed E-state index contributed by atoms with van der Waals surface area (Å²) in [6.07, 6.45) is 10.8. The molecule has 9 unspecified atom stereocenters. The van der Waals surface area contributed by atoms with Gasteiger partial charge in [0.15, 0.2) is 0 Å². The van der Waals surface area contributed by atoms with Crippen molar-refractivity contribution >= 4 is 0 Å². The molecule has 0 heterocycles. The van der Waals surface area contributed by atoms with E-state index in [2.05, 4.69) is 65.8 Å². The third kappa shape index (κ3) is 3.27. The first-order valence-corrected chi connectivity index (χ1v) is 12.0. The molecule has 29 heavy (non-hydrogen) atoms. The van der Waals surface area contributed by atoms with Gasteiger partial charge in [-0.15, -0.1) is 0 Å². The Morgan fingerprint density at radius 2 is 1.86 bits per heavy atom. The molecule has 9 atom stereocenters. The maximum Gasteiger partial charge on any atom is 0.0591 e. The predicted molar refractivity (Wildman–Crippen MR) is 121 cm³/mol. The highest BCUT2D eigenvalue weighted by Crippen LogP contribution is 2.62. The van der Waals surface area contributed by atoms with Gasteiger partial charge in [-0.2, -0.15) is 0 Å². The van der Waals surface area contributed by atoms with Crippen LogP contribution in [0.5, 0.6) is 0 Å². The molecule has 4 aliphatic carbocycles. The molecule has 0 aromatic rings. The monoisotopic (exact) mass is 400 g/mol. The van der Waals surface area contributed by atoms with Crippen LogP contribution in [0.1, 0.15) is 66.7 Å². The molecule has 0 amide bonds. The van der Waals surface area contributed by atoms with Gasteiger partial charge in [-0.1, -0.05) is 45.4 Å². The van der Waals surface area contributed by atoms with Crippen LogP contribution >= 0.6 is 0 Å². The topological polar surface area (TPSA) is 49.5 Å². The van der Waals surface area contributed by atoms with Crippen molar-refractivity contribution in [2.24, 2.45) is 46.2 Å². The first kappa shape index (κ1) is 21.6. The molecule has 3 N–H and O–H groups in total. The maximum absolute atomic E-state index is 10.9. The lowest BCUT2D eigenvalue weighted by Gasteiger charge is -2.48. The van der Waals surface area contributed by atoms with E-state index in [9.17, 15) is 5.11 Å². The fraction of sp³-hybridized carbons (Fsp3) is 0.846. The number of hydrogen-bond donors (Lipinski definition) is 2. The summed E-state index contributed by atoms with van der Waals surface area (Å²) in [5, 5.41) is 10.9. The van der Waals surface area contributed by atoms with E-state index in [1.165, 1.54) is 19.3 Å². The summed E-state index contributed by atoms with van der Waals surface area (Å²) in [4.78, 5) is 2.43. The van der Waals surface area contributed by atoms with Gasteiger partial charge in [0.1, 0.15) is 0 Å². The molecular formula is C26H44N2O. The zero-order chi connectivity index (χ0) is 21.3. The summed E-state index contributed by atoms with van der Waals surface area (Å²) in [5.41, 5.74) is 10.2. The van der Waals surface area contributed by atoms with Crippen LogP contribution in [0.4, 0.5) is 0 Å². The van der Waals surface area contributed by atoms with E-state index in [0.29, 0.717) is 35.1 Å². The lowest BCUT2D eigenvalue weighted by atomic mass is 9.56. The smallest absolute Gasteiger partial charge is 0.0591 e. The summed E-state index contributed by atoms with van der Waals surface area (Å²) >= 11 is 0. The standard InChI is InChI=1S/C26H44N2O/c1-15-19-12-17-9-11-22(28(6)7)25(3,4)20(17)10-8-18(19)13-26(5)14-21(29)23(16(2)27)24(15)26/h9,12,15-16,18,20-24,29H,8,10-11,13-14,27H2,1-7H3. The Balaban J connectivity index is 1.71. The zero-order valence-corrected chi connectivity index (χ0v) is 19.8. The van der Waals surface area contributed by atoms with Crippen molar-refractivity contribution in [2.75, 3.05) is 14.1 Å². The molecule has 0 bridgehead atoms. The van der Waals surface area contributed by atoms with Gasteiger partial charge in [0.25, 0.3) is 0 Å². The van der Waals surface area contributed by atoms with Crippen molar-refractivity contribution in [3.8, 4) is 0 Å². The van der Waals surface area contributed by atoms with Gasteiger partial charge in [-0.05, 0) is 93.2 Å². The van der Waals surface area contributed by atoms with Crippen molar-refractivity contribution in [1.29, 1.82) is 0 Å². The van der Waals surface area contributed by atoms with E-state index in [1.807, 2.05) is 0 Å². The van der Waals surface area contributed by atoms with Crippen LogP contribution < -0.4 is 5.73 Å². The van der Waals surface area contributed by atoms with Crippen LogP contribution in [-0.2, 0) is 0 Å². The molecular weight excluding hydrogens is 356 g/mol. The molecule has 4 aliphatic rings. The third-order valence-corrected chi connectivity index (χ3v) is 9.69. The van der Waals surface area contributed by atoms with E-state index >= 15 is 0 Å². The van der Waals surface area contributed by atoms with E-state index in [1.54, 1.807) is 11.1 Å². The summed E-state index contributed by atoms with van der Waals surface area (Å²) < 4.78 is 0. The maximum atomic E-state index is 10.9. The number of fused-ring (bicyclic) bond motifs is 3. The number of aliphatic hydroxyl groups excluding tert-OH is 1. The quantitative estimate of drug-likeness (QED) is 0.711. The third-order valence-electron chi connectivity index (χ3n) is 9.69. The predicted octanol–water partition coefficient (Wildman–Crippen LogP) is 4.62. The van der Waals surface area contributed by atoms with E-state index in [-0.39, 0.29) is 23.5 Å². The second-order valence-electron chi connectivity index (χ2n) is 12.1. The molecule has 0 aliphatic heterocycles. The van der Waals surface area contributed by atoms with Crippen LogP contribution in [0.3, 0.4) is 0 Å². The van der Waals surface area contributed by atoms with Gasteiger partial charge in [0.05, 0.1) is 6.10 Å². The minimum Gasteiger partial charge on any atom is -0.393 e. The van der Waals surface area contributed by atoms with Gasteiger partial charge in [0.2, 0.25) is 0 Å². The molecule has 3 nitrogen and oxygen atoms in total. The lowest BCUT2D eigenvalue weighted by molar-refractivity contribution is 0.0535. The summed E-state index contributed by atoms with van der Waals surface area (Å²) in [7, 11) is 4.48. The Kier molecular flexibility index (Phi) is 5.36. The SMILES string of the molecule is CC(N)C1C(O)CC2(C)CC3CCC4C(=CCC(N(C)C)C4(C)C)C=C3C(C)C12. The average molecular weight is 401 g/mol. The van der Waals surface area contributed by atoms with Crippen molar-refractivity contribution in [1.82, 2.24) is 4.90 Å². The lowest BCUT2D eigenvalue weighted by Crippen LogP contribution is -2.47. The molecule has 3 heteroatoms. The Hall–Kier alpha value is -0.640. The fourth-order valence-corrected chi connectivity index (χ4v) is 8.56. The fourth-order valence-electron chi connectivity index (χ4n) is 8.56. The Morgan fingerprint density at radius 3 is 2.48 bits per heavy atom. The highest BCUT2D eigenvalue weighted by molar-refractivity contribution is 5.36. The number of nitrogens with zero attached hydrogens (tertiary/aromatic N) is 1. The molecule has 164 valence electrons. The summed E-state index contributed by atoms with van der Waals surface area (Å²) in [6, 6.07) is 0.672. The Bertz CT molecular complexity index is 705. The number of nitrogens with two attached hydrogens (primary N) is 1. The van der Waals surface area contributed by atoms with Crippen molar-refractivity contribution in [2.45, 2.75) is 84.9 Å². The summed E-state index contributed by atoms with van der Waals surface area (Å²) in [5.74, 6) is 2.57. The van der Waals surface area contributed by atoms with Gasteiger partial charge < -0.3 is 15.7 Å². The molecule has 2 saturated carbocycles. The minimum absolute atomic E-state index is 0.0589. The Labute approximate surface area is 178 Å². The van der Waals surface area contributed by atoms with Gasteiger partial charge in [-0.3, -0.25) is 0 Å². The molecule has 0 spiro atoms. The van der Waals surface area contributed by atoms with E-state index in [4.69, 9.17) is 5.73 Å². The van der Waals surface area contributed by atoms with Crippen LogP contribution in [0.25, 0.3) is 0 Å². The van der Waals surface area contributed by atoms with Crippen molar-refractivity contribution in [3.05, 3.63) is 23.3 Å². The average Bonchev–Trinajstić information content (AvgIpc) is 2.73. The zero-order valence-electron chi connectivity index (χ0n) is 19.8. The minimum atomic E-state index is -0.239. The first-order chi connectivity index (χ1) is 13.5. The van der Waals surface area contributed by atoms with Crippen molar-refractivity contribution in [3.63, 3.8) is 0 Å². The van der Waals surface area contributed by atoms with Gasteiger partial charge >= 0.3 is 0 Å². The molecule has 4 rings (SSSR count). The van der Waals surface area contributed by atoms with E-state index in [0.717, 1.165) is 12.8 Å². The van der Waals surface area contributed by atoms with Crippen LogP contribution in [0.2, 0.25) is 0 Å². The normalized spacial score (nSPS) is 47.4. The highest BCUT2D eigenvalue weighted by atomic mass is 16.3. The van der Waals surface area contributed by atoms with Crippen molar-refractivity contribution < 1.29 is 5.11 Å². The molecule has 0 aromatic carbocycles. The van der Waals surface area contributed by atoms with Gasteiger partial charge in [0, 0.05) is 18.0 Å². The second-order valence-corrected chi connectivity index (χ2v) is 12.1. The van der Waals surface area contributed by atoms with Crippen LogP contribution in [-0.4, -0.2) is 42.3 Å². The Morgan fingerprint density at radius 1 is 1.17 bits per heavy atom. The molecule has 0 radical (unpaired) electrons. The van der Waals surface area contributed by atoms with Crippen LogP contribution in [0.15, 0.2) is 23.3 Å². The number of rotatable bonds is 2. The first-order valence-electron chi connectivity index (χ1n) is 12.0. The number of allylic oxidation sites excluding steroid dienone is 3. The number of aliphatic hydroxyl groups is 1. The number of hydrogen-bond acceptors (Lipinski definition) is 3.